The Morgan fingerprint density at radius 3 is 2.35 bits per heavy atom. The van der Waals surface area contributed by atoms with E-state index in [1.54, 1.807) is 14.2 Å². The Kier molecular flexibility index (Phi) is 5.88. The lowest BCUT2D eigenvalue weighted by molar-refractivity contribution is -0.141. The van der Waals surface area contributed by atoms with Crippen LogP contribution < -0.4 is 5.73 Å². The van der Waals surface area contributed by atoms with Gasteiger partial charge in [-0.25, -0.2) is 0 Å². The van der Waals surface area contributed by atoms with Crippen LogP contribution in [0.4, 0.5) is 0 Å². The van der Waals surface area contributed by atoms with E-state index in [2.05, 4.69) is 0 Å². The van der Waals surface area contributed by atoms with Crippen LogP contribution in [-0.2, 0) is 14.3 Å². The third-order valence-electron chi connectivity index (χ3n) is 3.30. The Bertz CT molecular complexity index is 242. The van der Waals surface area contributed by atoms with Gasteiger partial charge in [0.25, 0.3) is 0 Å². The highest BCUT2D eigenvalue weighted by Gasteiger charge is 2.42. The van der Waals surface area contributed by atoms with Crippen molar-refractivity contribution in [2.75, 3.05) is 40.5 Å². The van der Waals surface area contributed by atoms with Gasteiger partial charge in [0.15, 0.2) is 0 Å². The summed E-state index contributed by atoms with van der Waals surface area (Å²) in [5, 5.41) is 0. The highest BCUT2D eigenvalue weighted by molar-refractivity contribution is 5.87. The standard InChI is InChI=1S/C12H24N2O3/c1-16-9-4-7-14(8-10-17-2)11(15)12(13)5-3-6-12/h3-10,13H2,1-2H3. The van der Waals surface area contributed by atoms with E-state index in [1.165, 1.54) is 0 Å². The second-order valence-electron chi connectivity index (χ2n) is 4.64. The molecule has 1 saturated carbocycles. The first-order chi connectivity index (χ1) is 8.14. The molecule has 0 unspecified atom stereocenters. The molecule has 0 aromatic rings. The Labute approximate surface area is 103 Å². The largest absolute Gasteiger partial charge is 0.385 e. The minimum Gasteiger partial charge on any atom is -0.385 e. The Hall–Kier alpha value is -0.650. The quantitative estimate of drug-likeness (QED) is 0.627. The lowest BCUT2D eigenvalue weighted by atomic mass is 9.76. The van der Waals surface area contributed by atoms with E-state index in [1.807, 2.05) is 4.90 Å². The van der Waals surface area contributed by atoms with E-state index in [-0.39, 0.29) is 5.91 Å². The van der Waals surface area contributed by atoms with Crippen LogP contribution in [0.1, 0.15) is 25.7 Å². The molecule has 1 aliphatic rings. The molecule has 5 heteroatoms. The van der Waals surface area contributed by atoms with Gasteiger partial charge in [0.2, 0.25) is 5.91 Å². The molecule has 0 aromatic carbocycles. The third kappa shape index (κ3) is 3.94. The number of hydrogen-bond acceptors (Lipinski definition) is 4. The predicted octanol–water partition coefficient (Wildman–Crippen LogP) is 0.379. The van der Waals surface area contributed by atoms with Crippen molar-refractivity contribution in [3.05, 3.63) is 0 Å². The number of rotatable bonds is 8. The highest BCUT2D eigenvalue weighted by Crippen LogP contribution is 2.30. The van der Waals surface area contributed by atoms with Crippen LogP contribution in [0.3, 0.4) is 0 Å². The Balaban J connectivity index is 2.45. The second kappa shape index (κ2) is 6.93. The van der Waals surface area contributed by atoms with E-state index in [9.17, 15) is 4.79 Å². The fourth-order valence-corrected chi connectivity index (χ4v) is 2.00. The molecule has 0 aliphatic heterocycles. The van der Waals surface area contributed by atoms with Gasteiger partial charge in [-0.2, -0.15) is 0 Å². The SMILES string of the molecule is COCCCN(CCOC)C(=O)C1(N)CCC1. The van der Waals surface area contributed by atoms with Crippen LogP contribution in [-0.4, -0.2) is 56.9 Å². The van der Waals surface area contributed by atoms with Crippen LogP contribution in [0.2, 0.25) is 0 Å². The molecule has 5 nitrogen and oxygen atoms in total. The summed E-state index contributed by atoms with van der Waals surface area (Å²) >= 11 is 0. The maximum Gasteiger partial charge on any atom is 0.242 e. The first kappa shape index (κ1) is 14.4. The molecule has 0 bridgehead atoms. The monoisotopic (exact) mass is 244 g/mol. The van der Waals surface area contributed by atoms with E-state index >= 15 is 0 Å². The second-order valence-corrected chi connectivity index (χ2v) is 4.64. The van der Waals surface area contributed by atoms with Crippen LogP contribution in [0.25, 0.3) is 0 Å². The van der Waals surface area contributed by atoms with Gasteiger partial charge in [-0.3, -0.25) is 4.79 Å². The lowest BCUT2D eigenvalue weighted by Gasteiger charge is -2.40. The fourth-order valence-electron chi connectivity index (χ4n) is 2.00. The number of ether oxygens (including phenoxy) is 2. The molecular formula is C12H24N2O3. The van der Waals surface area contributed by atoms with Crippen molar-refractivity contribution in [3.8, 4) is 0 Å². The van der Waals surface area contributed by atoms with Crippen LogP contribution in [0.15, 0.2) is 0 Å². The number of nitrogens with zero attached hydrogens (tertiary/aromatic N) is 1. The van der Waals surface area contributed by atoms with Crippen molar-refractivity contribution in [1.29, 1.82) is 0 Å². The zero-order valence-electron chi connectivity index (χ0n) is 10.9. The first-order valence-corrected chi connectivity index (χ1v) is 6.20. The summed E-state index contributed by atoms with van der Waals surface area (Å²) in [4.78, 5) is 14.1. The number of carbonyl (C=O) groups excluding carboxylic acids is 1. The molecule has 100 valence electrons. The molecule has 1 amide bonds. The molecule has 1 rings (SSSR count). The predicted molar refractivity (Wildman–Crippen MR) is 65.7 cm³/mol. The fraction of sp³-hybridized carbons (Fsp3) is 0.917. The van der Waals surface area contributed by atoms with Gasteiger partial charge in [0.1, 0.15) is 0 Å². The summed E-state index contributed by atoms with van der Waals surface area (Å²) in [5.41, 5.74) is 5.45. The number of carbonyl (C=O) groups is 1. The Morgan fingerprint density at radius 1 is 1.24 bits per heavy atom. The zero-order chi connectivity index (χ0) is 12.7. The summed E-state index contributed by atoms with van der Waals surface area (Å²) in [6, 6.07) is 0. The average Bonchev–Trinajstić information content (AvgIpc) is 2.29. The smallest absolute Gasteiger partial charge is 0.242 e. The first-order valence-electron chi connectivity index (χ1n) is 6.20. The van der Waals surface area contributed by atoms with Crippen molar-refractivity contribution in [2.45, 2.75) is 31.2 Å². The summed E-state index contributed by atoms with van der Waals surface area (Å²) in [6.07, 6.45) is 3.50. The minimum absolute atomic E-state index is 0.0666. The molecule has 1 aliphatic carbocycles. The summed E-state index contributed by atoms with van der Waals surface area (Å²) in [5.74, 6) is 0.0666. The molecule has 17 heavy (non-hydrogen) atoms. The maximum absolute atomic E-state index is 12.3. The van der Waals surface area contributed by atoms with Gasteiger partial charge < -0.3 is 20.1 Å². The molecule has 0 radical (unpaired) electrons. The molecule has 2 N–H and O–H groups in total. The highest BCUT2D eigenvalue weighted by atomic mass is 16.5. The maximum atomic E-state index is 12.3. The zero-order valence-corrected chi connectivity index (χ0v) is 10.9. The average molecular weight is 244 g/mol. The van der Waals surface area contributed by atoms with Gasteiger partial charge in [-0.1, -0.05) is 0 Å². The summed E-state index contributed by atoms with van der Waals surface area (Å²) in [7, 11) is 3.30. The summed E-state index contributed by atoms with van der Waals surface area (Å²) < 4.78 is 10.0. The van der Waals surface area contributed by atoms with E-state index in [0.29, 0.717) is 26.3 Å². The van der Waals surface area contributed by atoms with Gasteiger partial charge in [-0.05, 0) is 25.7 Å². The number of amides is 1. The van der Waals surface area contributed by atoms with Gasteiger partial charge in [0, 0.05) is 33.9 Å². The van der Waals surface area contributed by atoms with Crippen molar-refractivity contribution in [2.24, 2.45) is 5.73 Å². The molecule has 0 saturated heterocycles. The van der Waals surface area contributed by atoms with E-state index in [4.69, 9.17) is 15.2 Å². The minimum atomic E-state index is -0.610. The molecule has 0 heterocycles. The van der Waals surface area contributed by atoms with Crippen LogP contribution >= 0.6 is 0 Å². The van der Waals surface area contributed by atoms with E-state index < -0.39 is 5.54 Å². The van der Waals surface area contributed by atoms with Gasteiger partial charge in [-0.15, -0.1) is 0 Å². The number of hydrogen-bond donors (Lipinski definition) is 1. The topological polar surface area (TPSA) is 64.8 Å². The normalized spacial score (nSPS) is 17.6. The van der Waals surface area contributed by atoms with Crippen molar-refractivity contribution in [1.82, 2.24) is 4.90 Å². The van der Waals surface area contributed by atoms with Gasteiger partial charge >= 0.3 is 0 Å². The van der Waals surface area contributed by atoms with E-state index in [0.717, 1.165) is 25.7 Å². The number of methoxy groups -OCH3 is 2. The lowest BCUT2D eigenvalue weighted by Crippen LogP contribution is -2.60. The van der Waals surface area contributed by atoms with Crippen molar-refractivity contribution in [3.63, 3.8) is 0 Å². The Morgan fingerprint density at radius 2 is 1.88 bits per heavy atom. The van der Waals surface area contributed by atoms with Crippen molar-refractivity contribution < 1.29 is 14.3 Å². The number of nitrogens with two attached hydrogens (primary N) is 1. The molecule has 0 atom stereocenters. The van der Waals surface area contributed by atoms with Crippen LogP contribution in [0, 0.1) is 0 Å². The molecule has 1 fully saturated rings. The molecule has 0 spiro atoms. The van der Waals surface area contributed by atoms with Gasteiger partial charge in [0.05, 0.1) is 12.1 Å². The summed E-state index contributed by atoms with van der Waals surface area (Å²) in [6.45, 7) is 2.51. The molecule has 0 aromatic heterocycles. The van der Waals surface area contributed by atoms with Crippen LogP contribution in [0.5, 0.6) is 0 Å². The van der Waals surface area contributed by atoms with Crippen molar-refractivity contribution >= 4 is 5.91 Å². The third-order valence-corrected chi connectivity index (χ3v) is 3.30. The molecular weight excluding hydrogens is 220 g/mol.